The molecule has 0 spiro atoms. The molecule has 0 saturated heterocycles. The Kier molecular flexibility index (Phi) is 2.28. The average molecular weight is 195 g/mol. The van der Waals surface area contributed by atoms with Crippen molar-refractivity contribution in [2.75, 3.05) is 0 Å². The maximum Gasteiger partial charge on any atom is 0.134 e. The Morgan fingerprint density at radius 2 is 2.15 bits per heavy atom. The molecule has 1 aromatic heterocycles. The molecular formula is C11H11ClO. The third-order valence-corrected chi connectivity index (χ3v) is 2.26. The lowest BCUT2D eigenvalue weighted by Gasteiger charge is -1.88. The number of fused-ring (bicyclic) bond motifs is 1. The van der Waals surface area contributed by atoms with Crippen LogP contribution in [-0.2, 0) is 6.42 Å². The summed E-state index contributed by atoms with van der Waals surface area (Å²) in [5.41, 5.74) is 0.924. The summed E-state index contributed by atoms with van der Waals surface area (Å²) in [5, 5.41) is 1.85. The van der Waals surface area contributed by atoms with Crippen molar-refractivity contribution in [2.24, 2.45) is 0 Å². The van der Waals surface area contributed by atoms with Crippen molar-refractivity contribution in [1.29, 1.82) is 0 Å². The molecule has 0 N–H and O–H groups in total. The summed E-state index contributed by atoms with van der Waals surface area (Å²) in [4.78, 5) is 0. The summed E-state index contributed by atoms with van der Waals surface area (Å²) in [6.07, 6.45) is 2.10. The molecule has 2 rings (SSSR count). The maximum atomic E-state index is 5.86. The van der Waals surface area contributed by atoms with E-state index in [1.54, 1.807) is 0 Å². The van der Waals surface area contributed by atoms with Crippen LogP contribution >= 0.6 is 11.6 Å². The molecule has 0 unspecified atom stereocenters. The van der Waals surface area contributed by atoms with Gasteiger partial charge in [0.2, 0.25) is 0 Å². The molecule has 0 amide bonds. The molecular weight excluding hydrogens is 184 g/mol. The molecule has 0 atom stereocenters. The highest BCUT2D eigenvalue weighted by Crippen LogP contribution is 2.23. The Bertz CT molecular complexity index is 417. The van der Waals surface area contributed by atoms with Crippen LogP contribution < -0.4 is 0 Å². The minimum atomic E-state index is 0.761. The number of halogens is 1. The van der Waals surface area contributed by atoms with Gasteiger partial charge in [-0.3, -0.25) is 0 Å². The third kappa shape index (κ3) is 1.70. The van der Waals surface area contributed by atoms with Gasteiger partial charge >= 0.3 is 0 Å². The zero-order valence-corrected chi connectivity index (χ0v) is 8.27. The van der Waals surface area contributed by atoms with E-state index in [1.807, 2.05) is 18.2 Å². The molecule has 1 nitrogen and oxygen atoms in total. The van der Waals surface area contributed by atoms with Crippen molar-refractivity contribution in [3.8, 4) is 0 Å². The molecule has 0 bridgehead atoms. The van der Waals surface area contributed by atoms with Gasteiger partial charge < -0.3 is 4.42 Å². The van der Waals surface area contributed by atoms with Crippen molar-refractivity contribution < 1.29 is 4.42 Å². The number of benzene rings is 1. The third-order valence-electron chi connectivity index (χ3n) is 2.03. The number of aryl methyl sites for hydroxylation is 1. The monoisotopic (exact) mass is 194 g/mol. The highest BCUT2D eigenvalue weighted by atomic mass is 35.5. The first-order valence-electron chi connectivity index (χ1n) is 4.47. The van der Waals surface area contributed by atoms with Crippen LogP contribution in [0.5, 0.6) is 0 Å². The summed E-state index contributed by atoms with van der Waals surface area (Å²) < 4.78 is 5.60. The van der Waals surface area contributed by atoms with Crippen LogP contribution in [-0.4, -0.2) is 0 Å². The first-order chi connectivity index (χ1) is 6.29. The topological polar surface area (TPSA) is 13.1 Å². The Balaban J connectivity index is 2.49. The van der Waals surface area contributed by atoms with Crippen molar-refractivity contribution in [3.05, 3.63) is 35.0 Å². The maximum absolute atomic E-state index is 5.86. The van der Waals surface area contributed by atoms with E-state index in [4.69, 9.17) is 16.0 Å². The van der Waals surface area contributed by atoms with E-state index in [0.29, 0.717) is 0 Å². The van der Waals surface area contributed by atoms with E-state index in [1.165, 1.54) is 0 Å². The van der Waals surface area contributed by atoms with Gasteiger partial charge in [-0.15, -0.1) is 0 Å². The highest BCUT2D eigenvalue weighted by Gasteiger charge is 2.02. The number of rotatable bonds is 2. The zero-order chi connectivity index (χ0) is 9.26. The van der Waals surface area contributed by atoms with Crippen LogP contribution in [0.15, 0.2) is 28.7 Å². The van der Waals surface area contributed by atoms with E-state index in [-0.39, 0.29) is 0 Å². The second-order valence-electron chi connectivity index (χ2n) is 3.14. The summed E-state index contributed by atoms with van der Waals surface area (Å²) in [5.74, 6) is 1.04. The molecule has 1 aromatic carbocycles. The van der Waals surface area contributed by atoms with Crippen LogP contribution in [0.4, 0.5) is 0 Å². The van der Waals surface area contributed by atoms with Crippen molar-refractivity contribution in [1.82, 2.24) is 0 Å². The summed E-state index contributed by atoms with van der Waals surface area (Å²) >= 11 is 5.86. The largest absolute Gasteiger partial charge is 0.461 e. The fourth-order valence-corrected chi connectivity index (χ4v) is 1.62. The predicted molar refractivity (Wildman–Crippen MR) is 55.2 cm³/mol. The Morgan fingerprint density at radius 3 is 2.92 bits per heavy atom. The molecule has 0 fully saturated rings. The molecule has 1 heterocycles. The molecule has 13 heavy (non-hydrogen) atoms. The quantitative estimate of drug-likeness (QED) is 0.703. The second kappa shape index (κ2) is 3.43. The molecule has 2 heteroatoms. The Labute approximate surface area is 82.3 Å². The van der Waals surface area contributed by atoms with Gasteiger partial charge in [0, 0.05) is 16.8 Å². The van der Waals surface area contributed by atoms with Gasteiger partial charge in [0.1, 0.15) is 11.3 Å². The lowest BCUT2D eigenvalue weighted by atomic mass is 10.2. The van der Waals surface area contributed by atoms with Gasteiger partial charge in [0.05, 0.1) is 0 Å². The molecule has 0 saturated carbocycles. The van der Waals surface area contributed by atoms with E-state index in [0.717, 1.165) is 34.6 Å². The van der Waals surface area contributed by atoms with Gasteiger partial charge in [-0.25, -0.2) is 0 Å². The van der Waals surface area contributed by atoms with Crippen LogP contribution in [0, 0.1) is 0 Å². The SMILES string of the molecule is CCCc1cc2cc(Cl)ccc2o1. The highest BCUT2D eigenvalue weighted by molar-refractivity contribution is 6.31. The minimum absolute atomic E-state index is 0.761. The Hall–Kier alpha value is -0.950. The van der Waals surface area contributed by atoms with Crippen molar-refractivity contribution >= 4 is 22.6 Å². The first kappa shape index (κ1) is 8.64. The van der Waals surface area contributed by atoms with Crippen molar-refractivity contribution in [2.45, 2.75) is 19.8 Å². The van der Waals surface area contributed by atoms with Crippen LogP contribution in [0.1, 0.15) is 19.1 Å². The van der Waals surface area contributed by atoms with Gasteiger partial charge in [-0.2, -0.15) is 0 Å². The minimum Gasteiger partial charge on any atom is -0.461 e. The number of furan rings is 1. The van der Waals surface area contributed by atoms with Gasteiger partial charge in [0.15, 0.2) is 0 Å². The van der Waals surface area contributed by atoms with E-state index >= 15 is 0 Å². The van der Waals surface area contributed by atoms with E-state index in [9.17, 15) is 0 Å². The number of hydrogen-bond donors (Lipinski definition) is 0. The molecule has 2 aromatic rings. The first-order valence-corrected chi connectivity index (χ1v) is 4.85. The predicted octanol–water partition coefficient (Wildman–Crippen LogP) is 4.04. The van der Waals surface area contributed by atoms with Crippen LogP contribution in [0.2, 0.25) is 5.02 Å². The normalized spacial score (nSPS) is 10.9. The number of hydrogen-bond acceptors (Lipinski definition) is 1. The molecule has 0 radical (unpaired) electrons. The summed E-state index contributed by atoms with van der Waals surface area (Å²) in [7, 11) is 0. The fraction of sp³-hybridized carbons (Fsp3) is 0.273. The van der Waals surface area contributed by atoms with Gasteiger partial charge in [-0.1, -0.05) is 18.5 Å². The van der Waals surface area contributed by atoms with Crippen LogP contribution in [0.3, 0.4) is 0 Å². The molecule has 0 aliphatic carbocycles. The second-order valence-corrected chi connectivity index (χ2v) is 3.58. The Morgan fingerprint density at radius 1 is 1.31 bits per heavy atom. The fourth-order valence-electron chi connectivity index (χ4n) is 1.44. The average Bonchev–Trinajstić information content (AvgIpc) is 2.46. The van der Waals surface area contributed by atoms with Gasteiger partial charge in [0.25, 0.3) is 0 Å². The lowest BCUT2D eigenvalue weighted by Crippen LogP contribution is -1.74. The molecule has 68 valence electrons. The van der Waals surface area contributed by atoms with E-state index in [2.05, 4.69) is 13.0 Å². The standard InChI is InChI=1S/C11H11ClO/c1-2-3-10-7-8-6-9(12)4-5-11(8)13-10/h4-7H,2-3H2,1H3. The summed E-state index contributed by atoms with van der Waals surface area (Å²) in [6.45, 7) is 2.14. The summed E-state index contributed by atoms with van der Waals surface area (Å²) in [6, 6.07) is 7.75. The molecule has 0 aliphatic rings. The smallest absolute Gasteiger partial charge is 0.134 e. The van der Waals surface area contributed by atoms with E-state index < -0.39 is 0 Å². The van der Waals surface area contributed by atoms with Crippen molar-refractivity contribution in [3.63, 3.8) is 0 Å². The molecule has 0 aliphatic heterocycles. The lowest BCUT2D eigenvalue weighted by molar-refractivity contribution is 0.544. The zero-order valence-electron chi connectivity index (χ0n) is 7.51. The van der Waals surface area contributed by atoms with Crippen LogP contribution in [0.25, 0.3) is 11.0 Å². The van der Waals surface area contributed by atoms with Gasteiger partial charge in [-0.05, 0) is 30.7 Å².